The van der Waals surface area contributed by atoms with E-state index in [0.29, 0.717) is 46.8 Å². The Kier molecular flexibility index (Phi) is 10.2. The van der Waals surface area contributed by atoms with Crippen LogP contribution in [-0.4, -0.2) is 74.1 Å². The van der Waals surface area contributed by atoms with Crippen molar-refractivity contribution >= 4 is 46.6 Å². The Morgan fingerprint density at radius 2 is 1.93 bits per heavy atom. The smallest absolute Gasteiger partial charge is 0.247 e. The van der Waals surface area contributed by atoms with Crippen molar-refractivity contribution in [2.75, 3.05) is 48.7 Å². The number of hydrogen-bond acceptors (Lipinski definition) is 8. The average molecular weight is 646 g/mol. The predicted octanol–water partition coefficient (Wildman–Crippen LogP) is 5.41. The highest BCUT2D eigenvalue weighted by atomic mass is 35.5. The number of amides is 2. The molecule has 3 aromatic rings. The summed E-state index contributed by atoms with van der Waals surface area (Å²) in [6.07, 6.45) is 12.6. The van der Waals surface area contributed by atoms with Crippen molar-refractivity contribution in [3.8, 4) is 0 Å². The molecule has 244 valence electrons. The van der Waals surface area contributed by atoms with Gasteiger partial charge in [0.2, 0.25) is 17.8 Å². The minimum Gasteiger partial charge on any atom is -0.365 e. The van der Waals surface area contributed by atoms with Crippen molar-refractivity contribution in [3.05, 3.63) is 66.1 Å². The summed E-state index contributed by atoms with van der Waals surface area (Å²) in [6.45, 7) is 11.3. The molecule has 2 saturated carbocycles. The summed E-state index contributed by atoms with van der Waals surface area (Å²) in [6, 6.07) is 7.50. The van der Waals surface area contributed by atoms with Crippen LogP contribution in [0.5, 0.6) is 0 Å². The third-order valence-corrected chi connectivity index (χ3v) is 10.2. The lowest BCUT2D eigenvalue weighted by Gasteiger charge is -2.38. The van der Waals surface area contributed by atoms with Gasteiger partial charge in [-0.05, 0) is 66.7 Å². The van der Waals surface area contributed by atoms with E-state index in [9.17, 15) is 9.59 Å². The molecule has 4 atom stereocenters. The highest BCUT2D eigenvalue weighted by Gasteiger charge is 2.41. The number of rotatable bonds is 12. The Hall–Kier alpha value is -3.96. The van der Waals surface area contributed by atoms with Crippen molar-refractivity contribution in [3.63, 3.8) is 0 Å². The number of benzene rings is 1. The highest BCUT2D eigenvalue weighted by molar-refractivity contribution is 6.32. The van der Waals surface area contributed by atoms with Crippen LogP contribution >= 0.6 is 11.6 Å². The normalized spacial score (nSPS) is 22.8. The fraction of sp³-hybridized carbons (Fsp3) is 0.500. The summed E-state index contributed by atoms with van der Waals surface area (Å²) < 4.78 is 1.91. The molecule has 1 saturated heterocycles. The summed E-state index contributed by atoms with van der Waals surface area (Å²) in [4.78, 5) is 38.2. The number of hydrogen-bond donors (Lipinski definition) is 3. The molecule has 2 bridgehead atoms. The molecule has 12 heteroatoms. The van der Waals surface area contributed by atoms with Gasteiger partial charge in [0, 0.05) is 57.6 Å². The fourth-order valence-electron chi connectivity index (χ4n) is 7.41. The van der Waals surface area contributed by atoms with Crippen molar-refractivity contribution in [1.29, 1.82) is 0 Å². The number of carbonyl (C=O) groups excluding carboxylic acids is 2. The summed E-state index contributed by atoms with van der Waals surface area (Å²) in [7, 11) is 0. The highest BCUT2D eigenvalue weighted by Crippen LogP contribution is 2.49. The Morgan fingerprint density at radius 1 is 1.09 bits per heavy atom. The average Bonchev–Trinajstić information content (AvgIpc) is 3.69. The molecule has 3 aliphatic rings. The standard InChI is InChI=1S/C34H44ClN9O2/c1-3-31(45)39-27-6-4-5-25(17-27)19-36-33-30(35)21-37-34(41-33)40-28-20-38-44(22-28)14-11-42-9-12-43(13-10-42)32(46)18-29-23(2)15-24-7-8-26(29)16-24/h3-6,17,20-24,26,29H,1,7-16,18-19H2,2H3,(H,39,45)(H2,36,37,40,41)/t23-,24-,26-,29?/m0/s1. The van der Waals surface area contributed by atoms with Gasteiger partial charge in [-0.25, -0.2) is 4.98 Å². The van der Waals surface area contributed by atoms with Gasteiger partial charge in [-0.2, -0.15) is 10.1 Å². The van der Waals surface area contributed by atoms with E-state index in [1.807, 2.05) is 35.1 Å². The molecule has 1 unspecified atom stereocenters. The van der Waals surface area contributed by atoms with E-state index in [1.54, 1.807) is 12.4 Å². The van der Waals surface area contributed by atoms with Gasteiger partial charge >= 0.3 is 0 Å². The summed E-state index contributed by atoms with van der Waals surface area (Å²) in [5.74, 6) is 3.93. The Bertz CT molecular complexity index is 1540. The number of carbonyl (C=O) groups is 2. The summed E-state index contributed by atoms with van der Waals surface area (Å²) in [5, 5.41) is 14.1. The maximum absolute atomic E-state index is 13.2. The fourth-order valence-corrected chi connectivity index (χ4v) is 7.57. The first-order chi connectivity index (χ1) is 22.3. The molecular formula is C34H44ClN9O2. The van der Waals surface area contributed by atoms with E-state index in [4.69, 9.17) is 11.6 Å². The van der Waals surface area contributed by atoms with Gasteiger partial charge in [0.1, 0.15) is 5.02 Å². The van der Waals surface area contributed by atoms with E-state index in [1.165, 1.54) is 31.8 Å². The van der Waals surface area contributed by atoms with Crippen molar-refractivity contribution in [1.82, 2.24) is 29.5 Å². The number of nitrogens with zero attached hydrogens (tertiary/aromatic N) is 6. The van der Waals surface area contributed by atoms with Crippen LogP contribution in [0.3, 0.4) is 0 Å². The third-order valence-electron chi connectivity index (χ3n) is 9.88. The zero-order valence-corrected chi connectivity index (χ0v) is 27.3. The van der Waals surface area contributed by atoms with Crippen LogP contribution in [0, 0.1) is 23.7 Å². The Labute approximate surface area is 275 Å². The third kappa shape index (κ3) is 8.06. The molecule has 3 heterocycles. The van der Waals surface area contributed by atoms with Gasteiger partial charge in [0.05, 0.1) is 24.6 Å². The van der Waals surface area contributed by atoms with Crippen LogP contribution in [-0.2, 0) is 22.7 Å². The summed E-state index contributed by atoms with van der Waals surface area (Å²) in [5.41, 5.74) is 2.40. The number of aromatic nitrogens is 4. The maximum Gasteiger partial charge on any atom is 0.247 e. The molecule has 0 spiro atoms. The van der Waals surface area contributed by atoms with Crippen LogP contribution < -0.4 is 16.0 Å². The van der Waals surface area contributed by atoms with E-state index in [-0.39, 0.29) is 5.91 Å². The van der Waals surface area contributed by atoms with Crippen molar-refractivity contribution < 1.29 is 9.59 Å². The van der Waals surface area contributed by atoms with Crippen LogP contribution in [0.25, 0.3) is 0 Å². The number of anilines is 4. The topological polar surface area (TPSA) is 120 Å². The molecule has 46 heavy (non-hydrogen) atoms. The molecule has 2 amide bonds. The largest absolute Gasteiger partial charge is 0.365 e. The van der Waals surface area contributed by atoms with E-state index >= 15 is 0 Å². The molecule has 0 radical (unpaired) electrons. The zero-order chi connectivity index (χ0) is 32.0. The summed E-state index contributed by atoms with van der Waals surface area (Å²) >= 11 is 6.37. The number of halogens is 1. The predicted molar refractivity (Wildman–Crippen MR) is 181 cm³/mol. The lowest BCUT2D eigenvalue weighted by molar-refractivity contribution is -0.135. The van der Waals surface area contributed by atoms with Gasteiger partial charge in [-0.3, -0.25) is 19.2 Å². The first-order valence-corrected chi connectivity index (χ1v) is 16.8. The second-order valence-corrected chi connectivity index (χ2v) is 13.4. The van der Waals surface area contributed by atoms with Crippen LogP contribution in [0.1, 0.15) is 44.6 Å². The lowest BCUT2D eigenvalue weighted by Crippen LogP contribution is -2.50. The van der Waals surface area contributed by atoms with Crippen LogP contribution in [0.4, 0.5) is 23.1 Å². The van der Waals surface area contributed by atoms with Gasteiger partial charge in [-0.15, -0.1) is 0 Å². The van der Waals surface area contributed by atoms with Crippen molar-refractivity contribution in [2.24, 2.45) is 23.7 Å². The minimum atomic E-state index is -0.264. The maximum atomic E-state index is 13.2. The molecule has 1 aliphatic heterocycles. The molecule has 6 rings (SSSR count). The quantitative estimate of drug-likeness (QED) is 0.224. The number of piperazine rings is 1. The van der Waals surface area contributed by atoms with Crippen molar-refractivity contribution in [2.45, 2.75) is 52.1 Å². The second kappa shape index (κ2) is 14.6. The van der Waals surface area contributed by atoms with E-state index in [2.05, 4.69) is 54.3 Å². The molecule has 3 N–H and O–H groups in total. The van der Waals surface area contributed by atoms with Gasteiger partial charge in [0.15, 0.2) is 5.82 Å². The molecule has 3 fully saturated rings. The molecule has 2 aliphatic carbocycles. The Morgan fingerprint density at radius 3 is 2.76 bits per heavy atom. The van der Waals surface area contributed by atoms with Crippen LogP contribution in [0.15, 0.2) is 55.5 Å². The Balaban J connectivity index is 0.944. The van der Waals surface area contributed by atoms with Gasteiger partial charge in [0.25, 0.3) is 0 Å². The minimum absolute atomic E-state index is 0.264. The number of nitrogens with one attached hydrogen (secondary N) is 3. The van der Waals surface area contributed by atoms with Crippen LogP contribution in [0.2, 0.25) is 5.02 Å². The monoisotopic (exact) mass is 645 g/mol. The zero-order valence-electron chi connectivity index (χ0n) is 26.5. The van der Waals surface area contributed by atoms with E-state index < -0.39 is 0 Å². The first kappa shape index (κ1) is 32.0. The molecule has 2 aromatic heterocycles. The SMILES string of the molecule is C=CC(=O)Nc1cccc(CNc2nc(Nc3cnn(CCN4CCN(C(=O)CC5[C@H]6CC[C@H](C6)C[C@@H]5C)CC4)c3)ncc2Cl)c1. The van der Waals surface area contributed by atoms with E-state index in [0.717, 1.165) is 68.8 Å². The lowest BCUT2D eigenvalue weighted by atomic mass is 9.71. The second-order valence-electron chi connectivity index (χ2n) is 13.0. The molecular weight excluding hydrogens is 602 g/mol. The number of fused-ring (bicyclic) bond motifs is 2. The van der Waals surface area contributed by atoms with Gasteiger partial charge in [-0.1, -0.05) is 43.7 Å². The first-order valence-electron chi connectivity index (χ1n) is 16.4. The van der Waals surface area contributed by atoms with Gasteiger partial charge < -0.3 is 20.9 Å². The molecule has 11 nitrogen and oxygen atoms in total. The molecule has 1 aromatic carbocycles.